The van der Waals surface area contributed by atoms with E-state index in [9.17, 15) is 0 Å². The molecule has 0 bridgehead atoms. The molecule has 1 fully saturated rings. The second-order valence-electron chi connectivity index (χ2n) is 7.63. The van der Waals surface area contributed by atoms with Gasteiger partial charge in [0, 0.05) is 38.1 Å². The molecule has 1 unspecified atom stereocenters. The van der Waals surface area contributed by atoms with Gasteiger partial charge in [-0.1, -0.05) is 39.8 Å². The van der Waals surface area contributed by atoms with Crippen LogP contribution in [-0.4, -0.2) is 68.7 Å². The lowest BCUT2D eigenvalue weighted by atomic mass is 9.84. The summed E-state index contributed by atoms with van der Waals surface area (Å²) in [6.45, 7) is 14.2. The molecule has 27 heavy (non-hydrogen) atoms. The van der Waals surface area contributed by atoms with Crippen molar-refractivity contribution >= 4 is 29.9 Å². The number of guanidine groups is 1. The summed E-state index contributed by atoms with van der Waals surface area (Å²) in [7, 11) is 3.59. The smallest absolute Gasteiger partial charge is 0.193 e. The van der Waals surface area contributed by atoms with Gasteiger partial charge in [0.1, 0.15) is 5.75 Å². The Kier molecular flexibility index (Phi) is 9.87. The summed E-state index contributed by atoms with van der Waals surface area (Å²) >= 11 is 0. The van der Waals surface area contributed by atoms with E-state index in [1.165, 1.54) is 12.0 Å². The molecule has 1 aromatic carbocycles. The summed E-state index contributed by atoms with van der Waals surface area (Å²) in [6.07, 6.45) is 1.21. The third kappa shape index (κ3) is 6.24. The van der Waals surface area contributed by atoms with Crippen LogP contribution < -0.4 is 10.1 Å². The predicted octanol–water partition coefficient (Wildman–Crippen LogP) is 3.58. The summed E-state index contributed by atoms with van der Waals surface area (Å²) < 4.78 is 5.38. The monoisotopic (exact) mass is 488 g/mol. The van der Waals surface area contributed by atoms with Crippen LogP contribution in [-0.2, 0) is 5.41 Å². The lowest BCUT2D eigenvalue weighted by molar-refractivity contribution is 0.223. The number of likely N-dealkylation sites (tertiary alicyclic amines) is 1. The second-order valence-corrected chi connectivity index (χ2v) is 7.63. The molecule has 0 aliphatic carbocycles. The summed E-state index contributed by atoms with van der Waals surface area (Å²) in [4.78, 5) is 9.48. The van der Waals surface area contributed by atoms with E-state index in [1.54, 1.807) is 7.11 Å². The molecule has 1 saturated heterocycles. The van der Waals surface area contributed by atoms with Crippen molar-refractivity contribution in [3.8, 4) is 5.75 Å². The van der Waals surface area contributed by atoms with Gasteiger partial charge < -0.3 is 15.0 Å². The van der Waals surface area contributed by atoms with Crippen LogP contribution in [0.1, 0.15) is 39.7 Å². The summed E-state index contributed by atoms with van der Waals surface area (Å²) in [5.41, 5.74) is 1.25. The molecule has 1 heterocycles. The Hall–Kier alpha value is -1.02. The summed E-state index contributed by atoms with van der Waals surface area (Å²) in [6, 6.07) is 8.97. The number of rotatable bonds is 7. The lowest BCUT2D eigenvalue weighted by Crippen LogP contribution is -2.46. The topological polar surface area (TPSA) is 40.1 Å². The normalized spacial score (nSPS) is 17.8. The van der Waals surface area contributed by atoms with Gasteiger partial charge in [0.05, 0.1) is 7.11 Å². The zero-order chi connectivity index (χ0) is 19.2. The third-order valence-electron chi connectivity index (χ3n) is 5.54. The maximum Gasteiger partial charge on any atom is 0.193 e. The Morgan fingerprint density at radius 1 is 1.33 bits per heavy atom. The molecule has 1 aliphatic heterocycles. The zero-order valence-electron chi connectivity index (χ0n) is 17.8. The first-order valence-electron chi connectivity index (χ1n) is 9.79. The summed E-state index contributed by atoms with van der Waals surface area (Å²) in [5, 5.41) is 3.60. The molecule has 1 atom stereocenters. The first kappa shape index (κ1) is 24.0. The predicted molar refractivity (Wildman–Crippen MR) is 126 cm³/mol. The van der Waals surface area contributed by atoms with E-state index in [1.807, 2.05) is 13.1 Å². The molecular weight excluding hydrogens is 451 g/mol. The average molecular weight is 488 g/mol. The van der Waals surface area contributed by atoms with Crippen LogP contribution in [0.25, 0.3) is 0 Å². The molecule has 1 aliphatic rings. The van der Waals surface area contributed by atoms with Crippen LogP contribution in [0, 0.1) is 0 Å². The highest BCUT2D eigenvalue weighted by Crippen LogP contribution is 2.26. The number of ether oxygens (including phenoxy) is 1. The number of hydrogen-bond donors (Lipinski definition) is 1. The van der Waals surface area contributed by atoms with Crippen LogP contribution in [0.2, 0.25) is 0 Å². The van der Waals surface area contributed by atoms with E-state index in [4.69, 9.17) is 4.74 Å². The third-order valence-corrected chi connectivity index (χ3v) is 5.54. The maximum absolute atomic E-state index is 5.38. The second kappa shape index (κ2) is 11.1. The Morgan fingerprint density at radius 2 is 2.04 bits per heavy atom. The van der Waals surface area contributed by atoms with Crippen molar-refractivity contribution in [3.63, 3.8) is 0 Å². The van der Waals surface area contributed by atoms with E-state index in [0.29, 0.717) is 6.04 Å². The molecule has 5 nitrogen and oxygen atoms in total. The maximum atomic E-state index is 5.38. The standard InChI is InChI=1S/C21H36N4O.HI/c1-7-24(8-2)18-12-13-25(15-18)20(22-5)23-16-21(3,4)17-10-9-11-19(14-17)26-6;/h9-11,14,18H,7-8,12-13,15-16H2,1-6H3,(H,22,23);1H. The Bertz CT molecular complexity index is 602. The van der Waals surface area contributed by atoms with Crippen LogP contribution in [0.3, 0.4) is 0 Å². The molecule has 0 amide bonds. The largest absolute Gasteiger partial charge is 0.497 e. The first-order valence-corrected chi connectivity index (χ1v) is 9.79. The van der Waals surface area contributed by atoms with Gasteiger partial charge in [-0.05, 0) is 37.2 Å². The molecule has 1 N–H and O–H groups in total. The van der Waals surface area contributed by atoms with E-state index < -0.39 is 0 Å². The number of methoxy groups -OCH3 is 1. The van der Waals surface area contributed by atoms with Crippen LogP contribution in [0.15, 0.2) is 29.3 Å². The van der Waals surface area contributed by atoms with Gasteiger partial charge in [-0.25, -0.2) is 0 Å². The van der Waals surface area contributed by atoms with Gasteiger partial charge in [-0.2, -0.15) is 0 Å². The number of nitrogens with zero attached hydrogens (tertiary/aromatic N) is 3. The summed E-state index contributed by atoms with van der Waals surface area (Å²) in [5.74, 6) is 1.91. The number of aliphatic imine (C=N–C) groups is 1. The van der Waals surface area contributed by atoms with Gasteiger partial charge in [0.15, 0.2) is 5.96 Å². The fourth-order valence-electron chi connectivity index (χ4n) is 3.75. The quantitative estimate of drug-likeness (QED) is 0.362. The Morgan fingerprint density at radius 3 is 2.63 bits per heavy atom. The zero-order valence-corrected chi connectivity index (χ0v) is 20.1. The molecule has 6 heteroatoms. The minimum Gasteiger partial charge on any atom is -0.497 e. The van der Waals surface area contributed by atoms with E-state index in [-0.39, 0.29) is 29.4 Å². The van der Waals surface area contributed by atoms with Crippen molar-refractivity contribution in [2.45, 2.75) is 45.6 Å². The van der Waals surface area contributed by atoms with Crippen LogP contribution in [0.4, 0.5) is 0 Å². The van der Waals surface area contributed by atoms with Gasteiger partial charge in [-0.15, -0.1) is 24.0 Å². The van der Waals surface area contributed by atoms with Gasteiger partial charge >= 0.3 is 0 Å². The Labute approximate surface area is 182 Å². The highest BCUT2D eigenvalue weighted by Gasteiger charge is 2.29. The average Bonchev–Trinajstić information content (AvgIpc) is 3.13. The minimum atomic E-state index is -0.0114. The molecule has 0 spiro atoms. The van der Waals surface area contributed by atoms with Crippen molar-refractivity contribution < 1.29 is 4.74 Å². The molecule has 0 aromatic heterocycles. The molecule has 0 saturated carbocycles. The van der Waals surface area contributed by atoms with E-state index in [0.717, 1.165) is 44.4 Å². The van der Waals surface area contributed by atoms with E-state index >= 15 is 0 Å². The molecule has 2 rings (SSSR count). The van der Waals surface area contributed by atoms with Crippen molar-refractivity contribution in [2.75, 3.05) is 46.9 Å². The van der Waals surface area contributed by atoms with Crippen molar-refractivity contribution in [2.24, 2.45) is 4.99 Å². The number of halogens is 1. The number of hydrogen-bond acceptors (Lipinski definition) is 3. The molecule has 0 radical (unpaired) electrons. The lowest BCUT2D eigenvalue weighted by Gasteiger charge is -2.30. The highest BCUT2D eigenvalue weighted by molar-refractivity contribution is 14.0. The van der Waals surface area contributed by atoms with Crippen LogP contribution >= 0.6 is 24.0 Å². The number of likely N-dealkylation sites (N-methyl/N-ethyl adjacent to an activating group) is 1. The van der Waals surface area contributed by atoms with Crippen LogP contribution in [0.5, 0.6) is 5.75 Å². The van der Waals surface area contributed by atoms with Gasteiger partial charge in [-0.3, -0.25) is 9.89 Å². The highest BCUT2D eigenvalue weighted by atomic mass is 127. The number of benzene rings is 1. The van der Waals surface area contributed by atoms with Crippen molar-refractivity contribution in [1.29, 1.82) is 0 Å². The van der Waals surface area contributed by atoms with E-state index in [2.05, 4.69) is 66.0 Å². The Balaban J connectivity index is 0.00000364. The fraction of sp³-hybridized carbons (Fsp3) is 0.667. The minimum absolute atomic E-state index is 0. The van der Waals surface area contributed by atoms with Gasteiger partial charge in [0.25, 0.3) is 0 Å². The molecule has 1 aromatic rings. The van der Waals surface area contributed by atoms with Crippen molar-refractivity contribution in [3.05, 3.63) is 29.8 Å². The number of nitrogens with one attached hydrogen (secondary N) is 1. The van der Waals surface area contributed by atoms with Crippen molar-refractivity contribution in [1.82, 2.24) is 15.1 Å². The SMILES string of the molecule is CCN(CC)C1CCN(C(=NC)NCC(C)(C)c2cccc(OC)c2)C1.I. The molecular formula is C21H37IN4O. The molecule has 154 valence electrons. The first-order chi connectivity index (χ1) is 12.4. The fourth-order valence-corrected chi connectivity index (χ4v) is 3.75. The van der Waals surface area contributed by atoms with Gasteiger partial charge in [0.2, 0.25) is 0 Å².